The number of para-hydroxylation sites is 1. The summed E-state index contributed by atoms with van der Waals surface area (Å²) in [7, 11) is 1.53. The molecule has 2 unspecified atom stereocenters. The van der Waals surface area contributed by atoms with Crippen LogP contribution < -0.4 is 10.5 Å². The predicted octanol–water partition coefficient (Wildman–Crippen LogP) is 2.88. The number of aromatic nitrogens is 6. The van der Waals surface area contributed by atoms with Crippen molar-refractivity contribution in [3.8, 4) is 5.75 Å². The van der Waals surface area contributed by atoms with Crippen LogP contribution in [0.25, 0.3) is 16.6 Å². The van der Waals surface area contributed by atoms with E-state index in [1.54, 1.807) is 12.1 Å². The maximum atomic E-state index is 13.1. The smallest absolute Gasteiger partial charge is 0.433 e. The van der Waals surface area contributed by atoms with Crippen molar-refractivity contribution >= 4 is 22.5 Å². The predicted molar refractivity (Wildman–Crippen MR) is 92.9 cm³/mol. The monoisotopic (exact) mass is 389 g/mol. The Morgan fingerprint density at radius 3 is 2.82 bits per heavy atom. The van der Waals surface area contributed by atoms with Crippen LogP contribution in [0.3, 0.4) is 0 Å². The number of nitrogen functional groups attached to an aromatic ring is 1. The van der Waals surface area contributed by atoms with Crippen molar-refractivity contribution in [1.29, 1.82) is 0 Å². The number of ether oxygens (including phenoxy) is 1. The van der Waals surface area contributed by atoms with Gasteiger partial charge in [-0.05, 0) is 24.5 Å². The molecule has 1 saturated carbocycles. The summed E-state index contributed by atoms with van der Waals surface area (Å²) in [6, 6.07) is 5.38. The van der Waals surface area contributed by atoms with Gasteiger partial charge in [-0.3, -0.25) is 5.10 Å². The number of aromatic amines is 1. The van der Waals surface area contributed by atoms with Gasteiger partial charge in [-0.25, -0.2) is 9.97 Å². The number of hydrogen-bond acceptors (Lipinski definition) is 6. The number of rotatable bonds is 3. The number of halogens is 3. The molecule has 3 aromatic heterocycles. The molecular weight excluding hydrogens is 375 g/mol. The van der Waals surface area contributed by atoms with Crippen LogP contribution in [0.1, 0.15) is 35.3 Å². The highest BCUT2D eigenvalue weighted by atomic mass is 19.4. The Kier molecular flexibility index (Phi) is 3.33. The molecule has 0 amide bonds. The van der Waals surface area contributed by atoms with Crippen LogP contribution in [-0.4, -0.2) is 36.9 Å². The summed E-state index contributed by atoms with van der Waals surface area (Å²) in [5.74, 6) is 0.528. The highest BCUT2D eigenvalue weighted by Crippen LogP contribution is 2.55. The van der Waals surface area contributed by atoms with Crippen molar-refractivity contribution in [2.75, 3.05) is 12.8 Å². The first-order valence-electron chi connectivity index (χ1n) is 8.47. The van der Waals surface area contributed by atoms with E-state index in [4.69, 9.17) is 10.5 Å². The molecule has 0 spiro atoms. The molecule has 0 radical (unpaired) electrons. The summed E-state index contributed by atoms with van der Waals surface area (Å²) in [6.45, 7) is 0. The quantitative estimate of drug-likeness (QED) is 0.558. The van der Waals surface area contributed by atoms with Crippen LogP contribution in [-0.2, 0) is 6.18 Å². The molecule has 4 aromatic rings. The van der Waals surface area contributed by atoms with Crippen molar-refractivity contribution < 1.29 is 17.9 Å². The highest BCUT2D eigenvalue weighted by molar-refractivity contribution is 5.95. The van der Waals surface area contributed by atoms with Crippen LogP contribution in [0.5, 0.6) is 5.75 Å². The first kappa shape index (κ1) is 16.8. The molecule has 2 atom stereocenters. The molecular formula is C17H14F3N7O. The topological polar surface area (TPSA) is 107 Å². The van der Waals surface area contributed by atoms with Gasteiger partial charge in [-0.15, -0.1) is 5.10 Å². The van der Waals surface area contributed by atoms with Crippen LogP contribution >= 0.6 is 0 Å². The van der Waals surface area contributed by atoms with Gasteiger partial charge in [0.2, 0.25) is 5.95 Å². The van der Waals surface area contributed by atoms with Gasteiger partial charge in [0.15, 0.2) is 11.5 Å². The van der Waals surface area contributed by atoms with Gasteiger partial charge in [0.05, 0.1) is 13.3 Å². The molecule has 1 aromatic carbocycles. The summed E-state index contributed by atoms with van der Waals surface area (Å²) in [5, 5.41) is 10.7. The van der Waals surface area contributed by atoms with Gasteiger partial charge in [-0.1, -0.05) is 6.07 Å². The lowest BCUT2D eigenvalue weighted by Crippen LogP contribution is -2.08. The lowest BCUT2D eigenvalue weighted by atomic mass is 10.1. The molecule has 3 heterocycles. The number of benzene rings is 1. The number of methoxy groups -OCH3 is 1. The molecule has 0 bridgehead atoms. The molecule has 11 heteroatoms. The molecule has 8 nitrogen and oxygen atoms in total. The van der Waals surface area contributed by atoms with Crippen molar-refractivity contribution in [2.45, 2.75) is 24.4 Å². The van der Waals surface area contributed by atoms with Gasteiger partial charge < -0.3 is 10.5 Å². The normalized spacial score (nSPS) is 19.4. The van der Waals surface area contributed by atoms with E-state index in [2.05, 4.69) is 20.2 Å². The number of H-pyrrole nitrogens is 1. The molecule has 1 aliphatic rings. The lowest BCUT2D eigenvalue weighted by molar-refractivity contribution is -0.141. The minimum absolute atomic E-state index is 0.127. The summed E-state index contributed by atoms with van der Waals surface area (Å²) < 4.78 is 46.1. The summed E-state index contributed by atoms with van der Waals surface area (Å²) in [4.78, 5) is 8.89. The minimum Gasteiger partial charge on any atom is -0.494 e. The Hall–Kier alpha value is -3.37. The SMILES string of the molecule is COc1cccc2c1nc(N)n1nc(C3CC3c3cn[nH]c3C(F)(F)F)nc21. The van der Waals surface area contributed by atoms with Crippen molar-refractivity contribution in [3.63, 3.8) is 0 Å². The molecule has 3 N–H and O–H groups in total. The van der Waals surface area contributed by atoms with E-state index < -0.39 is 11.9 Å². The van der Waals surface area contributed by atoms with E-state index in [0.29, 0.717) is 34.5 Å². The number of nitrogens with two attached hydrogens (primary N) is 1. The molecule has 28 heavy (non-hydrogen) atoms. The minimum atomic E-state index is -4.48. The van der Waals surface area contributed by atoms with Gasteiger partial charge in [-0.2, -0.15) is 22.8 Å². The fourth-order valence-electron chi connectivity index (χ4n) is 3.59. The van der Waals surface area contributed by atoms with Crippen LogP contribution in [0.4, 0.5) is 19.1 Å². The fourth-order valence-corrected chi connectivity index (χ4v) is 3.59. The summed E-state index contributed by atoms with van der Waals surface area (Å²) >= 11 is 0. The largest absolute Gasteiger partial charge is 0.494 e. The van der Waals surface area contributed by atoms with E-state index in [1.807, 2.05) is 11.2 Å². The highest BCUT2D eigenvalue weighted by Gasteiger charge is 2.48. The Morgan fingerprint density at radius 2 is 2.07 bits per heavy atom. The standard InChI is InChI=1S/C17H14F3N7O/c1-28-11-4-2-3-7-12(11)23-16(21)27-15(7)24-14(26-27)9-5-8(9)10-6-22-25-13(10)17(18,19)20/h2-4,6,8-9H,5H2,1H3,(H2,21,23)(H,22,25). The molecule has 0 aliphatic heterocycles. The van der Waals surface area contributed by atoms with Gasteiger partial charge in [0.1, 0.15) is 17.0 Å². The van der Waals surface area contributed by atoms with E-state index in [9.17, 15) is 13.2 Å². The second-order valence-corrected chi connectivity index (χ2v) is 6.68. The first-order valence-corrected chi connectivity index (χ1v) is 8.47. The van der Waals surface area contributed by atoms with Crippen LogP contribution in [0.15, 0.2) is 24.4 Å². The molecule has 5 rings (SSSR count). The van der Waals surface area contributed by atoms with Crippen LogP contribution in [0.2, 0.25) is 0 Å². The van der Waals surface area contributed by atoms with E-state index >= 15 is 0 Å². The molecule has 1 aliphatic carbocycles. The third-order valence-corrected chi connectivity index (χ3v) is 5.00. The van der Waals surface area contributed by atoms with E-state index in [-0.39, 0.29) is 23.3 Å². The second kappa shape index (κ2) is 5.57. The first-order chi connectivity index (χ1) is 13.4. The zero-order valence-corrected chi connectivity index (χ0v) is 14.5. The van der Waals surface area contributed by atoms with Crippen molar-refractivity contribution in [3.05, 3.63) is 41.5 Å². The van der Waals surface area contributed by atoms with Crippen LogP contribution in [0, 0.1) is 0 Å². The van der Waals surface area contributed by atoms with Gasteiger partial charge in [0, 0.05) is 16.9 Å². The third kappa shape index (κ3) is 2.38. The third-order valence-electron chi connectivity index (χ3n) is 5.00. The number of nitrogens with one attached hydrogen (secondary N) is 1. The van der Waals surface area contributed by atoms with E-state index in [1.165, 1.54) is 17.8 Å². The average Bonchev–Trinajstić information content (AvgIpc) is 3.08. The fraction of sp³-hybridized carbons (Fsp3) is 0.294. The molecule has 1 fully saturated rings. The molecule has 144 valence electrons. The zero-order valence-electron chi connectivity index (χ0n) is 14.5. The van der Waals surface area contributed by atoms with Crippen molar-refractivity contribution in [2.24, 2.45) is 0 Å². The van der Waals surface area contributed by atoms with E-state index in [0.717, 1.165) is 0 Å². The zero-order chi connectivity index (χ0) is 19.6. The van der Waals surface area contributed by atoms with Gasteiger partial charge >= 0.3 is 6.18 Å². The number of fused-ring (bicyclic) bond motifs is 3. The maximum Gasteiger partial charge on any atom is 0.433 e. The number of anilines is 1. The van der Waals surface area contributed by atoms with Gasteiger partial charge in [0.25, 0.3) is 0 Å². The number of nitrogens with zero attached hydrogens (tertiary/aromatic N) is 5. The number of alkyl halides is 3. The Balaban J connectivity index is 1.58. The second-order valence-electron chi connectivity index (χ2n) is 6.68. The Bertz CT molecular complexity index is 1210. The number of hydrogen-bond donors (Lipinski definition) is 2. The maximum absolute atomic E-state index is 13.1. The van der Waals surface area contributed by atoms with Crippen molar-refractivity contribution in [1.82, 2.24) is 29.8 Å². The molecule has 0 saturated heterocycles. The Labute approximate surface area is 155 Å². The Morgan fingerprint density at radius 1 is 1.25 bits per heavy atom. The average molecular weight is 389 g/mol. The lowest BCUT2D eigenvalue weighted by Gasteiger charge is -2.06. The summed E-state index contributed by atoms with van der Waals surface area (Å²) in [6.07, 6.45) is -2.75. The summed E-state index contributed by atoms with van der Waals surface area (Å²) in [5.41, 5.74) is 6.38.